The first kappa shape index (κ1) is 16.6. The van der Waals surface area contributed by atoms with Gasteiger partial charge in [0.1, 0.15) is 5.82 Å². The maximum Gasteiger partial charge on any atom is 0.337 e. The monoisotopic (exact) mass is 343 g/mol. The van der Waals surface area contributed by atoms with Gasteiger partial charge in [-0.25, -0.2) is 9.18 Å². The first-order valence-electron chi connectivity index (χ1n) is 7.76. The fourth-order valence-corrected chi connectivity index (χ4v) is 4.01. The first-order valence-corrected chi connectivity index (χ1v) is 8.64. The van der Waals surface area contributed by atoms with E-state index in [0.29, 0.717) is 12.2 Å². The quantitative estimate of drug-likeness (QED) is 0.803. The molecule has 24 heavy (non-hydrogen) atoms. The minimum absolute atomic E-state index is 0.263. The molecule has 0 spiro atoms. The highest BCUT2D eigenvalue weighted by Gasteiger charge is 2.30. The molecule has 1 aliphatic rings. The van der Waals surface area contributed by atoms with Crippen molar-refractivity contribution in [2.75, 3.05) is 11.9 Å². The molecule has 3 rings (SSSR count). The summed E-state index contributed by atoms with van der Waals surface area (Å²) in [6, 6.07) is 14.1. The smallest absolute Gasteiger partial charge is 0.337 e. The summed E-state index contributed by atoms with van der Waals surface area (Å²) in [6.45, 7) is 3.96. The average Bonchev–Trinajstić information content (AvgIpc) is 2.71. The Morgan fingerprint density at radius 1 is 1.21 bits per heavy atom. The van der Waals surface area contributed by atoms with Crippen molar-refractivity contribution in [1.29, 1.82) is 0 Å². The van der Waals surface area contributed by atoms with E-state index in [1.54, 1.807) is 30.8 Å². The van der Waals surface area contributed by atoms with Crippen LogP contribution >= 0.6 is 11.8 Å². The molecule has 0 bridgehead atoms. The fourth-order valence-electron chi connectivity index (χ4n) is 2.67. The fraction of sp³-hybridized carbons (Fsp3) is 0.211. The largest absolute Gasteiger partial charge is 0.463 e. The summed E-state index contributed by atoms with van der Waals surface area (Å²) in [5.74, 6) is -0.647. The van der Waals surface area contributed by atoms with Crippen molar-refractivity contribution in [2.45, 2.75) is 24.0 Å². The molecule has 0 saturated carbocycles. The van der Waals surface area contributed by atoms with Crippen LogP contribution in [0.15, 0.2) is 64.7 Å². The van der Waals surface area contributed by atoms with Crippen molar-refractivity contribution in [3.63, 3.8) is 0 Å². The van der Waals surface area contributed by atoms with Crippen LogP contribution in [-0.2, 0) is 9.53 Å². The van der Waals surface area contributed by atoms with Crippen LogP contribution in [0.1, 0.15) is 24.7 Å². The van der Waals surface area contributed by atoms with Crippen molar-refractivity contribution in [3.8, 4) is 0 Å². The Balaban J connectivity index is 2.11. The van der Waals surface area contributed by atoms with Gasteiger partial charge >= 0.3 is 5.97 Å². The standard InChI is InChI=1S/C19H18FNO2S/c1-3-23-19(22)17-12(2)21-15-6-4-5-7-16(15)24-18(17)13-8-10-14(20)11-9-13/h4-11,18,21H,3H2,1-2H3. The predicted molar refractivity (Wildman–Crippen MR) is 94.4 cm³/mol. The van der Waals surface area contributed by atoms with Gasteiger partial charge in [0.25, 0.3) is 0 Å². The highest BCUT2D eigenvalue weighted by Crippen LogP contribution is 2.47. The number of allylic oxidation sites excluding steroid dienone is 1. The molecule has 0 radical (unpaired) electrons. The van der Waals surface area contributed by atoms with Crippen molar-refractivity contribution in [3.05, 3.63) is 71.2 Å². The number of hydrogen-bond acceptors (Lipinski definition) is 4. The van der Waals surface area contributed by atoms with Crippen LogP contribution in [0, 0.1) is 5.82 Å². The SMILES string of the molecule is CCOC(=O)C1=C(C)Nc2ccccc2SC1c1ccc(F)cc1. The van der Waals surface area contributed by atoms with Gasteiger partial charge in [-0.2, -0.15) is 0 Å². The van der Waals surface area contributed by atoms with Gasteiger partial charge in [-0.3, -0.25) is 0 Å². The third-order valence-corrected chi connectivity index (χ3v) is 5.14. The van der Waals surface area contributed by atoms with E-state index in [1.165, 1.54) is 12.1 Å². The summed E-state index contributed by atoms with van der Waals surface area (Å²) < 4.78 is 18.6. The lowest BCUT2D eigenvalue weighted by molar-refractivity contribution is -0.138. The lowest BCUT2D eigenvalue weighted by Gasteiger charge is -2.19. The summed E-state index contributed by atoms with van der Waals surface area (Å²) in [4.78, 5) is 13.6. The molecule has 5 heteroatoms. The minimum atomic E-state index is -0.350. The number of fused-ring (bicyclic) bond motifs is 1. The molecule has 0 aliphatic carbocycles. The summed E-state index contributed by atoms with van der Waals surface area (Å²) in [5, 5.41) is 3.04. The molecule has 124 valence electrons. The number of benzene rings is 2. The van der Waals surface area contributed by atoms with Crippen LogP contribution in [0.5, 0.6) is 0 Å². The van der Waals surface area contributed by atoms with Crippen LogP contribution in [0.2, 0.25) is 0 Å². The van der Waals surface area contributed by atoms with E-state index in [4.69, 9.17) is 4.74 Å². The Hall–Kier alpha value is -2.27. The number of carbonyl (C=O) groups is 1. The van der Waals surface area contributed by atoms with E-state index in [9.17, 15) is 9.18 Å². The molecule has 1 heterocycles. The molecular weight excluding hydrogens is 325 g/mol. The minimum Gasteiger partial charge on any atom is -0.463 e. The van der Waals surface area contributed by atoms with E-state index in [2.05, 4.69) is 5.32 Å². The third kappa shape index (κ3) is 3.31. The Labute approximate surface area is 144 Å². The highest BCUT2D eigenvalue weighted by molar-refractivity contribution is 8.00. The Morgan fingerprint density at radius 2 is 1.92 bits per heavy atom. The van der Waals surface area contributed by atoms with Gasteiger partial charge in [0, 0.05) is 10.6 Å². The van der Waals surface area contributed by atoms with Gasteiger partial charge in [0.15, 0.2) is 0 Å². The lowest BCUT2D eigenvalue weighted by Crippen LogP contribution is -2.16. The van der Waals surface area contributed by atoms with Gasteiger partial charge in [-0.1, -0.05) is 24.3 Å². The maximum absolute atomic E-state index is 13.3. The predicted octanol–water partition coefficient (Wildman–Crippen LogP) is 4.92. The summed E-state index contributed by atoms with van der Waals surface area (Å²) in [6.07, 6.45) is 0. The van der Waals surface area contributed by atoms with Crippen LogP contribution in [0.25, 0.3) is 0 Å². The zero-order chi connectivity index (χ0) is 17.1. The second-order valence-corrected chi connectivity index (χ2v) is 6.58. The number of carbonyl (C=O) groups excluding carboxylic acids is 1. The summed E-state index contributed by atoms with van der Waals surface area (Å²) in [7, 11) is 0. The van der Waals surface area contributed by atoms with E-state index in [-0.39, 0.29) is 17.0 Å². The molecule has 1 N–H and O–H groups in total. The molecule has 0 amide bonds. The molecule has 0 fully saturated rings. The molecule has 1 unspecified atom stereocenters. The summed E-state index contributed by atoms with van der Waals surface area (Å²) >= 11 is 1.56. The van der Waals surface area contributed by atoms with E-state index in [1.807, 2.05) is 31.2 Å². The van der Waals surface area contributed by atoms with Crippen molar-refractivity contribution >= 4 is 23.4 Å². The number of esters is 1. The number of ether oxygens (including phenoxy) is 1. The topological polar surface area (TPSA) is 38.3 Å². The van der Waals surface area contributed by atoms with Crippen molar-refractivity contribution in [2.24, 2.45) is 0 Å². The number of hydrogen-bond donors (Lipinski definition) is 1. The third-order valence-electron chi connectivity index (χ3n) is 3.79. The Bertz CT molecular complexity index is 786. The highest BCUT2D eigenvalue weighted by atomic mass is 32.2. The van der Waals surface area contributed by atoms with E-state index in [0.717, 1.165) is 21.8 Å². The van der Waals surface area contributed by atoms with Crippen LogP contribution in [0.4, 0.5) is 10.1 Å². The Kier molecular flexibility index (Phi) is 4.90. The second kappa shape index (κ2) is 7.09. The van der Waals surface area contributed by atoms with Gasteiger partial charge < -0.3 is 10.1 Å². The molecule has 3 nitrogen and oxygen atoms in total. The van der Waals surface area contributed by atoms with Gasteiger partial charge in [-0.05, 0) is 43.7 Å². The zero-order valence-electron chi connectivity index (χ0n) is 13.5. The van der Waals surface area contributed by atoms with Crippen molar-refractivity contribution in [1.82, 2.24) is 0 Å². The first-order chi connectivity index (χ1) is 11.6. The molecule has 2 aromatic rings. The summed E-state index contributed by atoms with van der Waals surface area (Å²) in [5.41, 5.74) is 3.12. The number of nitrogens with one attached hydrogen (secondary N) is 1. The molecule has 0 aromatic heterocycles. The molecule has 1 aliphatic heterocycles. The van der Waals surface area contributed by atoms with E-state index >= 15 is 0 Å². The number of rotatable bonds is 3. The number of halogens is 1. The lowest BCUT2D eigenvalue weighted by atomic mass is 10.0. The number of anilines is 1. The number of thioether (sulfide) groups is 1. The van der Waals surface area contributed by atoms with Gasteiger partial charge in [0.2, 0.25) is 0 Å². The molecule has 0 saturated heterocycles. The zero-order valence-corrected chi connectivity index (χ0v) is 14.3. The maximum atomic E-state index is 13.3. The molecule has 2 aromatic carbocycles. The van der Waals surface area contributed by atoms with Crippen LogP contribution < -0.4 is 5.32 Å². The second-order valence-electron chi connectivity index (χ2n) is 5.43. The van der Waals surface area contributed by atoms with Gasteiger partial charge in [0.05, 0.1) is 23.1 Å². The van der Waals surface area contributed by atoms with E-state index < -0.39 is 0 Å². The van der Waals surface area contributed by atoms with Gasteiger partial charge in [-0.15, -0.1) is 11.8 Å². The molecular formula is C19H18FNO2S. The van der Waals surface area contributed by atoms with Crippen LogP contribution in [0.3, 0.4) is 0 Å². The normalized spacial score (nSPS) is 16.9. The van der Waals surface area contributed by atoms with Crippen molar-refractivity contribution < 1.29 is 13.9 Å². The molecule has 1 atom stereocenters. The van der Waals surface area contributed by atoms with Crippen LogP contribution in [-0.4, -0.2) is 12.6 Å². The Morgan fingerprint density at radius 3 is 2.62 bits per heavy atom. The number of para-hydroxylation sites is 1. The average molecular weight is 343 g/mol.